The van der Waals surface area contributed by atoms with E-state index >= 15 is 0 Å². The van der Waals surface area contributed by atoms with Crippen LogP contribution in [0.2, 0.25) is 0 Å². The van der Waals surface area contributed by atoms with E-state index in [1.54, 1.807) is 0 Å². The summed E-state index contributed by atoms with van der Waals surface area (Å²) >= 11 is 0. The average Bonchev–Trinajstić information content (AvgIpc) is 3.10. The van der Waals surface area contributed by atoms with E-state index in [1.165, 1.54) is 44.6 Å². The third-order valence-corrected chi connectivity index (χ3v) is 5.21. The van der Waals surface area contributed by atoms with Gasteiger partial charge in [0.1, 0.15) is 5.82 Å². The van der Waals surface area contributed by atoms with E-state index in [1.807, 2.05) is 18.7 Å². The summed E-state index contributed by atoms with van der Waals surface area (Å²) in [6.07, 6.45) is 10.6. The van der Waals surface area contributed by atoms with Crippen molar-refractivity contribution < 1.29 is 0 Å². The third-order valence-electron chi connectivity index (χ3n) is 5.21. The van der Waals surface area contributed by atoms with Crippen molar-refractivity contribution >= 4 is 0 Å². The standard InChI is InChI=1S/C17H26N6/c1-13(2)22-8-5-14(6-9-22)17-20-19-16(23(17)15-3-4-15)11-21-10-7-18-12-21/h7,10,12-15H,3-6,8-9,11H2,1-2H3. The second-order valence-corrected chi connectivity index (χ2v) is 7.21. The van der Waals surface area contributed by atoms with Gasteiger partial charge in [-0.05, 0) is 52.6 Å². The molecule has 1 aliphatic carbocycles. The van der Waals surface area contributed by atoms with Crippen molar-refractivity contribution in [2.24, 2.45) is 0 Å². The molecule has 2 aromatic heterocycles. The van der Waals surface area contributed by atoms with Crippen LogP contribution in [0.5, 0.6) is 0 Å². The van der Waals surface area contributed by atoms with E-state index in [0.717, 1.165) is 12.4 Å². The Labute approximate surface area is 137 Å². The smallest absolute Gasteiger partial charge is 0.153 e. The van der Waals surface area contributed by atoms with Crippen LogP contribution in [0, 0.1) is 0 Å². The van der Waals surface area contributed by atoms with E-state index in [-0.39, 0.29) is 0 Å². The molecule has 3 heterocycles. The van der Waals surface area contributed by atoms with Crippen LogP contribution in [0.25, 0.3) is 0 Å². The van der Waals surface area contributed by atoms with Gasteiger partial charge in [0.15, 0.2) is 5.82 Å². The zero-order chi connectivity index (χ0) is 15.8. The lowest BCUT2D eigenvalue weighted by atomic mass is 9.95. The Hall–Kier alpha value is -1.69. The monoisotopic (exact) mass is 314 g/mol. The Morgan fingerprint density at radius 3 is 2.52 bits per heavy atom. The fraction of sp³-hybridized carbons (Fsp3) is 0.706. The maximum absolute atomic E-state index is 4.61. The highest BCUT2D eigenvalue weighted by Crippen LogP contribution is 2.40. The molecule has 6 heteroatoms. The zero-order valence-corrected chi connectivity index (χ0v) is 14.1. The molecule has 4 rings (SSSR count). The number of aromatic nitrogens is 5. The molecule has 2 aromatic rings. The maximum atomic E-state index is 4.61. The van der Waals surface area contributed by atoms with Gasteiger partial charge >= 0.3 is 0 Å². The summed E-state index contributed by atoms with van der Waals surface area (Å²) in [5.41, 5.74) is 0. The molecule has 0 radical (unpaired) electrons. The summed E-state index contributed by atoms with van der Waals surface area (Å²) < 4.78 is 4.52. The van der Waals surface area contributed by atoms with Gasteiger partial charge < -0.3 is 14.0 Å². The average molecular weight is 314 g/mol. The highest BCUT2D eigenvalue weighted by atomic mass is 15.3. The lowest BCUT2D eigenvalue weighted by Crippen LogP contribution is -2.38. The van der Waals surface area contributed by atoms with Crippen LogP contribution < -0.4 is 0 Å². The number of rotatable bonds is 5. The number of imidazole rings is 1. The van der Waals surface area contributed by atoms with Crippen molar-refractivity contribution in [3.05, 3.63) is 30.4 Å². The lowest BCUT2D eigenvalue weighted by Gasteiger charge is -2.34. The van der Waals surface area contributed by atoms with Gasteiger partial charge in [-0.3, -0.25) is 0 Å². The first-order valence-corrected chi connectivity index (χ1v) is 8.86. The van der Waals surface area contributed by atoms with Gasteiger partial charge in [-0.2, -0.15) is 0 Å². The summed E-state index contributed by atoms with van der Waals surface area (Å²) in [6, 6.07) is 1.27. The summed E-state index contributed by atoms with van der Waals surface area (Å²) in [5, 5.41) is 9.14. The first kappa shape index (κ1) is 14.9. The van der Waals surface area contributed by atoms with Gasteiger partial charge in [0.2, 0.25) is 0 Å². The predicted octanol–water partition coefficient (Wildman–Crippen LogP) is 2.45. The molecule has 6 nitrogen and oxygen atoms in total. The van der Waals surface area contributed by atoms with Gasteiger partial charge in [0.05, 0.1) is 12.9 Å². The van der Waals surface area contributed by atoms with E-state index in [2.05, 4.69) is 43.1 Å². The van der Waals surface area contributed by atoms with Crippen molar-refractivity contribution in [1.82, 2.24) is 29.2 Å². The Balaban J connectivity index is 1.54. The van der Waals surface area contributed by atoms with Crippen molar-refractivity contribution in [3.63, 3.8) is 0 Å². The number of hydrogen-bond donors (Lipinski definition) is 0. The highest BCUT2D eigenvalue weighted by Gasteiger charge is 2.33. The molecule has 2 aliphatic rings. The third kappa shape index (κ3) is 3.04. The Morgan fingerprint density at radius 1 is 1.13 bits per heavy atom. The molecular weight excluding hydrogens is 288 g/mol. The summed E-state index contributed by atoms with van der Waals surface area (Å²) in [6.45, 7) is 7.70. The molecule has 0 bridgehead atoms. The summed E-state index contributed by atoms with van der Waals surface area (Å²) in [5.74, 6) is 2.88. The Kier molecular flexibility index (Phi) is 3.93. The molecule has 0 spiro atoms. The Morgan fingerprint density at radius 2 is 1.91 bits per heavy atom. The molecule has 2 fully saturated rings. The number of nitrogens with zero attached hydrogens (tertiary/aromatic N) is 6. The minimum atomic E-state index is 0.564. The van der Waals surface area contributed by atoms with E-state index < -0.39 is 0 Å². The van der Waals surface area contributed by atoms with Gasteiger partial charge in [0, 0.05) is 30.4 Å². The largest absolute Gasteiger partial charge is 0.330 e. The van der Waals surface area contributed by atoms with Crippen molar-refractivity contribution in [2.45, 2.75) is 64.1 Å². The molecule has 0 N–H and O–H groups in total. The summed E-state index contributed by atoms with van der Waals surface area (Å²) in [4.78, 5) is 6.70. The van der Waals surface area contributed by atoms with E-state index in [0.29, 0.717) is 18.0 Å². The maximum Gasteiger partial charge on any atom is 0.153 e. The van der Waals surface area contributed by atoms with Gasteiger partial charge in [-0.25, -0.2) is 4.98 Å². The molecule has 1 saturated carbocycles. The van der Waals surface area contributed by atoms with Crippen LogP contribution in [-0.2, 0) is 6.54 Å². The first-order valence-electron chi connectivity index (χ1n) is 8.86. The molecule has 1 aliphatic heterocycles. The van der Waals surface area contributed by atoms with Crippen molar-refractivity contribution in [3.8, 4) is 0 Å². The van der Waals surface area contributed by atoms with E-state index in [9.17, 15) is 0 Å². The normalized spacial score (nSPS) is 20.5. The number of hydrogen-bond acceptors (Lipinski definition) is 4. The number of piperidine rings is 1. The minimum absolute atomic E-state index is 0.564. The molecule has 0 amide bonds. The second-order valence-electron chi connectivity index (χ2n) is 7.21. The lowest BCUT2D eigenvalue weighted by molar-refractivity contribution is 0.168. The number of likely N-dealkylation sites (tertiary alicyclic amines) is 1. The fourth-order valence-corrected chi connectivity index (χ4v) is 3.67. The van der Waals surface area contributed by atoms with Gasteiger partial charge in [0.25, 0.3) is 0 Å². The molecule has 1 saturated heterocycles. The Bertz CT molecular complexity index is 632. The predicted molar refractivity (Wildman–Crippen MR) is 88.3 cm³/mol. The fourth-order valence-electron chi connectivity index (χ4n) is 3.67. The van der Waals surface area contributed by atoms with Gasteiger partial charge in [-0.1, -0.05) is 0 Å². The molecule has 0 atom stereocenters. The van der Waals surface area contributed by atoms with Crippen LogP contribution in [0.15, 0.2) is 18.7 Å². The minimum Gasteiger partial charge on any atom is -0.330 e. The van der Waals surface area contributed by atoms with Crippen molar-refractivity contribution in [1.29, 1.82) is 0 Å². The van der Waals surface area contributed by atoms with Crippen LogP contribution in [0.3, 0.4) is 0 Å². The summed E-state index contributed by atoms with van der Waals surface area (Å²) in [7, 11) is 0. The highest BCUT2D eigenvalue weighted by molar-refractivity contribution is 5.09. The van der Waals surface area contributed by atoms with Crippen LogP contribution >= 0.6 is 0 Å². The SMILES string of the molecule is CC(C)N1CCC(c2nnc(Cn3ccnc3)n2C2CC2)CC1. The van der Waals surface area contributed by atoms with Crippen molar-refractivity contribution in [2.75, 3.05) is 13.1 Å². The van der Waals surface area contributed by atoms with Crippen LogP contribution in [-0.4, -0.2) is 48.3 Å². The van der Waals surface area contributed by atoms with Crippen LogP contribution in [0.4, 0.5) is 0 Å². The molecular formula is C17H26N6. The molecule has 0 unspecified atom stereocenters. The second kappa shape index (κ2) is 6.07. The van der Waals surface area contributed by atoms with Crippen LogP contribution in [0.1, 0.15) is 63.1 Å². The topological polar surface area (TPSA) is 51.8 Å². The first-order chi connectivity index (χ1) is 11.2. The molecule has 124 valence electrons. The van der Waals surface area contributed by atoms with E-state index in [4.69, 9.17) is 0 Å². The quantitative estimate of drug-likeness (QED) is 0.850. The molecule has 0 aromatic carbocycles. The zero-order valence-electron chi connectivity index (χ0n) is 14.1. The molecule has 23 heavy (non-hydrogen) atoms. The van der Waals surface area contributed by atoms with Gasteiger partial charge in [-0.15, -0.1) is 10.2 Å².